The molecule has 0 spiro atoms. The van der Waals surface area contributed by atoms with Gasteiger partial charge in [0.1, 0.15) is 18.2 Å². The van der Waals surface area contributed by atoms with Crippen LogP contribution in [0.15, 0.2) is 47.4 Å². The Morgan fingerprint density at radius 2 is 1.73 bits per heavy atom. The minimum atomic E-state index is -4.51. The van der Waals surface area contributed by atoms with Gasteiger partial charge in [-0.1, -0.05) is 12.1 Å². The van der Waals surface area contributed by atoms with E-state index in [-0.39, 0.29) is 16.2 Å². The summed E-state index contributed by atoms with van der Waals surface area (Å²) in [5.41, 5.74) is -0.933. The third-order valence-corrected chi connectivity index (χ3v) is 4.82. The van der Waals surface area contributed by atoms with Crippen LogP contribution in [-0.2, 0) is 15.8 Å². The molecule has 1 N–H and O–H groups in total. The summed E-state index contributed by atoms with van der Waals surface area (Å²) in [4.78, 5) is 37.0. The highest BCUT2D eigenvalue weighted by Crippen LogP contribution is 2.33. The summed E-state index contributed by atoms with van der Waals surface area (Å²) in [7, 11) is 0. The Hall–Kier alpha value is -3.21. The number of rotatable bonds is 4. The van der Waals surface area contributed by atoms with Gasteiger partial charge in [0, 0.05) is 6.07 Å². The molecule has 3 amide bonds. The Bertz CT molecular complexity index is 1050. The number of halogens is 5. The van der Waals surface area contributed by atoms with E-state index in [2.05, 4.69) is 5.32 Å². The highest BCUT2D eigenvalue weighted by atomic mass is 32.2. The first-order valence-corrected chi connectivity index (χ1v) is 9.04. The van der Waals surface area contributed by atoms with Crippen molar-refractivity contribution in [1.82, 2.24) is 4.90 Å². The minimum Gasteiger partial charge on any atom is -0.322 e. The molecule has 2 aromatic carbocycles. The van der Waals surface area contributed by atoms with Crippen molar-refractivity contribution in [1.29, 1.82) is 0 Å². The molecule has 0 unspecified atom stereocenters. The van der Waals surface area contributed by atoms with E-state index in [4.69, 9.17) is 0 Å². The van der Waals surface area contributed by atoms with Gasteiger partial charge in [-0.25, -0.2) is 8.78 Å². The van der Waals surface area contributed by atoms with E-state index >= 15 is 0 Å². The first-order chi connectivity index (χ1) is 14.0. The van der Waals surface area contributed by atoms with E-state index < -0.39 is 47.0 Å². The van der Waals surface area contributed by atoms with Crippen molar-refractivity contribution in [2.24, 2.45) is 0 Å². The normalized spacial score (nSPS) is 15.8. The third kappa shape index (κ3) is 4.85. The molecular formula is C19H11F5N2O3S. The first kappa shape index (κ1) is 21.5. The number of anilines is 1. The fourth-order valence-electron chi connectivity index (χ4n) is 2.48. The van der Waals surface area contributed by atoms with Crippen LogP contribution in [0.2, 0.25) is 0 Å². The van der Waals surface area contributed by atoms with Crippen molar-refractivity contribution in [3.05, 3.63) is 70.1 Å². The van der Waals surface area contributed by atoms with Gasteiger partial charge in [0.15, 0.2) is 0 Å². The van der Waals surface area contributed by atoms with E-state index in [1.807, 2.05) is 0 Å². The molecule has 0 radical (unpaired) electrons. The molecule has 1 aliphatic heterocycles. The number of hydrogen-bond donors (Lipinski definition) is 1. The Morgan fingerprint density at radius 3 is 2.33 bits per heavy atom. The predicted octanol–water partition coefficient (Wildman–Crippen LogP) is 4.66. The van der Waals surface area contributed by atoms with Crippen molar-refractivity contribution >= 4 is 40.6 Å². The number of thioether (sulfide) groups is 1. The van der Waals surface area contributed by atoms with Gasteiger partial charge in [-0.2, -0.15) is 13.2 Å². The maximum absolute atomic E-state index is 13.6. The van der Waals surface area contributed by atoms with Crippen LogP contribution in [0.4, 0.5) is 32.4 Å². The SMILES string of the molecule is O=C(CN1C(=O)SC(=Cc2ccc(C(F)(F)F)cc2)C1=O)Nc1ccc(F)cc1F. The van der Waals surface area contributed by atoms with Gasteiger partial charge in [-0.05, 0) is 47.7 Å². The Kier molecular flexibility index (Phi) is 5.92. The van der Waals surface area contributed by atoms with Gasteiger partial charge in [0.2, 0.25) is 5.91 Å². The van der Waals surface area contributed by atoms with Crippen molar-refractivity contribution in [3.63, 3.8) is 0 Å². The Balaban J connectivity index is 1.69. The van der Waals surface area contributed by atoms with Gasteiger partial charge in [-0.15, -0.1) is 0 Å². The Morgan fingerprint density at radius 1 is 1.07 bits per heavy atom. The fourth-order valence-corrected chi connectivity index (χ4v) is 3.32. The zero-order chi connectivity index (χ0) is 22.1. The second-order valence-corrected chi connectivity index (χ2v) is 7.05. The molecule has 5 nitrogen and oxygen atoms in total. The van der Waals surface area contributed by atoms with Gasteiger partial charge in [0.25, 0.3) is 11.1 Å². The molecule has 2 aromatic rings. The summed E-state index contributed by atoms with van der Waals surface area (Å²) in [5, 5.41) is 1.36. The second-order valence-electron chi connectivity index (χ2n) is 6.06. The smallest absolute Gasteiger partial charge is 0.322 e. The molecule has 1 heterocycles. The zero-order valence-electron chi connectivity index (χ0n) is 14.8. The van der Waals surface area contributed by atoms with Crippen LogP contribution in [0, 0.1) is 11.6 Å². The lowest BCUT2D eigenvalue weighted by atomic mass is 10.1. The molecule has 0 atom stereocenters. The molecule has 30 heavy (non-hydrogen) atoms. The minimum absolute atomic E-state index is 0.0829. The van der Waals surface area contributed by atoms with Crippen molar-refractivity contribution in [2.75, 3.05) is 11.9 Å². The number of nitrogens with zero attached hydrogens (tertiary/aromatic N) is 1. The average Bonchev–Trinajstić information content (AvgIpc) is 2.91. The lowest BCUT2D eigenvalue weighted by Crippen LogP contribution is -2.36. The van der Waals surface area contributed by atoms with Crippen molar-refractivity contribution < 1.29 is 36.3 Å². The largest absolute Gasteiger partial charge is 0.416 e. The molecule has 0 saturated carbocycles. The monoisotopic (exact) mass is 442 g/mol. The van der Waals surface area contributed by atoms with Crippen LogP contribution >= 0.6 is 11.8 Å². The topological polar surface area (TPSA) is 66.5 Å². The van der Waals surface area contributed by atoms with Gasteiger partial charge < -0.3 is 5.32 Å². The molecule has 3 rings (SSSR count). The number of nitrogens with one attached hydrogen (secondary N) is 1. The number of imide groups is 1. The second kappa shape index (κ2) is 8.27. The van der Waals surface area contributed by atoms with E-state index in [1.54, 1.807) is 0 Å². The third-order valence-electron chi connectivity index (χ3n) is 3.92. The fraction of sp³-hybridized carbons (Fsp3) is 0.105. The molecule has 1 fully saturated rings. The van der Waals surface area contributed by atoms with Crippen molar-refractivity contribution in [3.8, 4) is 0 Å². The zero-order valence-corrected chi connectivity index (χ0v) is 15.6. The molecule has 0 bridgehead atoms. The number of hydrogen-bond acceptors (Lipinski definition) is 4. The summed E-state index contributed by atoms with van der Waals surface area (Å²) in [5.74, 6) is -3.58. The number of benzene rings is 2. The maximum atomic E-state index is 13.6. The van der Waals surface area contributed by atoms with Crippen LogP contribution in [-0.4, -0.2) is 28.5 Å². The molecule has 1 aliphatic rings. The summed E-state index contributed by atoms with van der Waals surface area (Å²) in [6, 6.07) is 6.41. The number of amides is 3. The van der Waals surface area contributed by atoms with Crippen molar-refractivity contribution in [2.45, 2.75) is 6.18 Å². The average molecular weight is 442 g/mol. The van der Waals surface area contributed by atoms with Gasteiger partial charge in [0.05, 0.1) is 16.2 Å². The lowest BCUT2D eigenvalue weighted by molar-refractivity contribution is -0.137. The van der Waals surface area contributed by atoms with E-state index in [0.29, 0.717) is 22.7 Å². The van der Waals surface area contributed by atoms with E-state index in [0.717, 1.165) is 36.4 Å². The number of carbonyl (C=O) groups excluding carboxylic acids is 3. The lowest BCUT2D eigenvalue weighted by Gasteiger charge is -2.12. The molecular weight excluding hydrogens is 431 g/mol. The summed E-state index contributed by atoms with van der Waals surface area (Å²) < 4.78 is 64.3. The standard InChI is InChI=1S/C19H11F5N2O3S/c20-12-5-6-14(13(21)8-12)25-16(27)9-26-17(28)15(30-18(26)29)7-10-1-3-11(4-2-10)19(22,23)24/h1-8H,9H2,(H,25,27). The summed E-state index contributed by atoms with van der Waals surface area (Å²) >= 11 is 0.512. The number of alkyl halides is 3. The molecule has 0 aromatic heterocycles. The highest BCUT2D eigenvalue weighted by Gasteiger charge is 2.36. The highest BCUT2D eigenvalue weighted by molar-refractivity contribution is 8.18. The summed E-state index contributed by atoms with van der Waals surface area (Å²) in [6.45, 7) is -0.716. The molecule has 0 aliphatic carbocycles. The van der Waals surface area contributed by atoms with E-state index in [9.17, 15) is 36.3 Å². The molecule has 156 valence electrons. The molecule has 1 saturated heterocycles. The number of carbonyl (C=O) groups is 3. The van der Waals surface area contributed by atoms with Crippen LogP contribution < -0.4 is 5.32 Å². The van der Waals surface area contributed by atoms with Crippen LogP contribution in [0.5, 0.6) is 0 Å². The maximum Gasteiger partial charge on any atom is 0.416 e. The quantitative estimate of drug-likeness (QED) is 0.553. The van der Waals surface area contributed by atoms with Gasteiger partial charge >= 0.3 is 6.18 Å². The van der Waals surface area contributed by atoms with Crippen LogP contribution in [0.3, 0.4) is 0 Å². The molecule has 11 heteroatoms. The van der Waals surface area contributed by atoms with E-state index in [1.165, 1.54) is 6.08 Å². The van der Waals surface area contributed by atoms with Crippen LogP contribution in [0.25, 0.3) is 6.08 Å². The summed E-state index contributed by atoms with van der Waals surface area (Å²) in [6.07, 6.45) is -3.28. The van der Waals surface area contributed by atoms with Crippen LogP contribution in [0.1, 0.15) is 11.1 Å². The predicted molar refractivity (Wildman–Crippen MR) is 99.1 cm³/mol. The Labute approximate surface area is 170 Å². The van der Waals surface area contributed by atoms with Gasteiger partial charge in [-0.3, -0.25) is 19.3 Å². The first-order valence-electron chi connectivity index (χ1n) is 8.22.